The van der Waals surface area contributed by atoms with E-state index in [0.717, 1.165) is 11.3 Å². The number of hydrogen-bond donors (Lipinski definition) is 3. The van der Waals surface area contributed by atoms with Gasteiger partial charge in [0.15, 0.2) is 0 Å². The minimum Gasteiger partial charge on any atom is -0.356 e. The van der Waals surface area contributed by atoms with Crippen molar-refractivity contribution in [3.63, 3.8) is 0 Å². The van der Waals surface area contributed by atoms with Crippen molar-refractivity contribution < 1.29 is 4.79 Å². The van der Waals surface area contributed by atoms with Crippen LogP contribution in [0.5, 0.6) is 0 Å². The van der Waals surface area contributed by atoms with E-state index in [1.807, 2.05) is 30.3 Å². The van der Waals surface area contributed by atoms with Crippen LogP contribution in [0.4, 0.5) is 0 Å². The maximum atomic E-state index is 11.2. The molecule has 0 aliphatic carbocycles. The molecule has 3 nitrogen and oxygen atoms in total. The molecule has 0 saturated heterocycles. The molecular formula is C10H10N2OS. The second kappa shape index (κ2) is 3.75. The van der Waals surface area contributed by atoms with Crippen molar-refractivity contribution in [3.8, 4) is 0 Å². The molecule has 0 fully saturated rings. The summed E-state index contributed by atoms with van der Waals surface area (Å²) in [6, 6.07) is 9.68. The summed E-state index contributed by atoms with van der Waals surface area (Å²) in [5.41, 5.74) is 1.47. The monoisotopic (exact) mass is 206 g/mol. The summed E-state index contributed by atoms with van der Waals surface area (Å²) in [6.45, 7) is 0. The lowest BCUT2D eigenvalue weighted by molar-refractivity contribution is -0.117. The minimum atomic E-state index is -0.317. The van der Waals surface area contributed by atoms with Crippen LogP contribution in [0.3, 0.4) is 0 Å². The number of carbonyl (C=O) groups excluding carboxylic acids is 1. The van der Waals surface area contributed by atoms with Crippen LogP contribution >= 0.6 is 12.6 Å². The first-order chi connectivity index (χ1) is 6.75. The van der Waals surface area contributed by atoms with E-state index in [1.54, 1.807) is 0 Å². The van der Waals surface area contributed by atoms with E-state index in [4.69, 9.17) is 0 Å². The van der Waals surface area contributed by atoms with Crippen LogP contribution in [-0.2, 0) is 4.79 Å². The van der Waals surface area contributed by atoms with E-state index in [0.29, 0.717) is 0 Å². The number of hydrogen-bond acceptors (Lipinski definition) is 3. The Morgan fingerprint density at radius 1 is 1.14 bits per heavy atom. The molecule has 1 heterocycles. The molecule has 0 saturated carbocycles. The van der Waals surface area contributed by atoms with E-state index in [9.17, 15) is 4.79 Å². The molecule has 0 radical (unpaired) electrons. The van der Waals surface area contributed by atoms with Crippen LogP contribution in [0.15, 0.2) is 36.4 Å². The Balaban J connectivity index is 2.31. The zero-order valence-electron chi connectivity index (χ0n) is 7.40. The predicted molar refractivity (Wildman–Crippen MR) is 58.5 cm³/mol. The fourth-order valence-corrected chi connectivity index (χ4v) is 1.58. The third-order valence-corrected chi connectivity index (χ3v) is 2.19. The Hall–Kier alpha value is -1.42. The molecule has 1 aliphatic rings. The van der Waals surface area contributed by atoms with Crippen molar-refractivity contribution in [2.24, 2.45) is 0 Å². The van der Waals surface area contributed by atoms with Crippen molar-refractivity contribution in [3.05, 3.63) is 42.0 Å². The molecule has 72 valence electrons. The fraction of sp³-hybridized carbons (Fsp3) is 0.100. The maximum Gasteiger partial charge on any atom is 0.248 e. The fourth-order valence-electron chi connectivity index (χ4n) is 1.32. The summed E-state index contributed by atoms with van der Waals surface area (Å²) in [7, 11) is 0. The summed E-state index contributed by atoms with van der Waals surface area (Å²) in [5, 5.41) is 5.67. The number of thiol groups is 1. The first-order valence-electron chi connectivity index (χ1n) is 4.28. The summed E-state index contributed by atoms with van der Waals surface area (Å²) in [4.78, 5) is 11.2. The highest BCUT2D eigenvalue weighted by Crippen LogP contribution is 2.14. The summed E-state index contributed by atoms with van der Waals surface area (Å²) in [5.74, 6) is -0.123. The van der Waals surface area contributed by atoms with Crippen molar-refractivity contribution in [2.75, 3.05) is 0 Å². The van der Waals surface area contributed by atoms with Crippen LogP contribution in [0.25, 0.3) is 5.70 Å². The topological polar surface area (TPSA) is 41.1 Å². The first kappa shape index (κ1) is 9.15. The Kier molecular flexibility index (Phi) is 2.45. The summed E-state index contributed by atoms with van der Waals surface area (Å²) >= 11 is 4.15. The lowest BCUT2D eigenvalue weighted by Gasteiger charge is -2.22. The molecule has 2 N–H and O–H groups in total. The zero-order chi connectivity index (χ0) is 9.97. The van der Waals surface area contributed by atoms with Crippen molar-refractivity contribution in [1.82, 2.24) is 10.6 Å². The molecule has 1 aromatic carbocycles. The van der Waals surface area contributed by atoms with Gasteiger partial charge in [-0.1, -0.05) is 30.3 Å². The molecule has 2 rings (SSSR count). The number of carbonyl (C=O) groups is 1. The molecule has 1 amide bonds. The average molecular weight is 206 g/mol. The van der Waals surface area contributed by atoms with Gasteiger partial charge in [-0.15, -0.1) is 12.6 Å². The van der Waals surface area contributed by atoms with Crippen molar-refractivity contribution in [2.45, 2.75) is 5.50 Å². The summed E-state index contributed by atoms with van der Waals surface area (Å²) < 4.78 is 0. The van der Waals surface area contributed by atoms with Gasteiger partial charge in [0.25, 0.3) is 0 Å². The molecule has 0 bridgehead atoms. The number of rotatable bonds is 1. The highest BCUT2D eigenvalue weighted by Gasteiger charge is 2.15. The molecule has 14 heavy (non-hydrogen) atoms. The molecule has 4 heteroatoms. The Morgan fingerprint density at radius 2 is 1.86 bits per heavy atom. The Labute approximate surface area is 87.6 Å². The number of amides is 1. The third kappa shape index (κ3) is 1.90. The Morgan fingerprint density at radius 3 is 2.50 bits per heavy atom. The predicted octanol–water partition coefficient (Wildman–Crippen LogP) is 0.960. The van der Waals surface area contributed by atoms with E-state index in [-0.39, 0.29) is 11.4 Å². The molecule has 0 aromatic heterocycles. The van der Waals surface area contributed by atoms with Gasteiger partial charge < -0.3 is 10.6 Å². The number of nitrogens with one attached hydrogen (secondary N) is 2. The van der Waals surface area contributed by atoms with Gasteiger partial charge in [0.05, 0.1) is 0 Å². The van der Waals surface area contributed by atoms with Gasteiger partial charge in [-0.2, -0.15) is 0 Å². The van der Waals surface area contributed by atoms with E-state index >= 15 is 0 Å². The van der Waals surface area contributed by atoms with E-state index in [2.05, 4.69) is 23.3 Å². The third-order valence-electron chi connectivity index (χ3n) is 1.93. The van der Waals surface area contributed by atoms with Gasteiger partial charge in [0, 0.05) is 11.8 Å². The molecule has 1 unspecified atom stereocenters. The smallest absolute Gasteiger partial charge is 0.248 e. The second-order valence-electron chi connectivity index (χ2n) is 2.98. The van der Waals surface area contributed by atoms with Gasteiger partial charge in [0.2, 0.25) is 5.91 Å². The van der Waals surface area contributed by atoms with Crippen molar-refractivity contribution >= 4 is 24.2 Å². The van der Waals surface area contributed by atoms with Gasteiger partial charge in [-0.3, -0.25) is 4.79 Å². The average Bonchev–Trinajstić information content (AvgIpc) is 2.18. The number of benzene rings is 1. The Bertz CT molecular complexity index is 375. The lowest BCUT2D eigenvalue weighted by Crippen LogP contribution is -2.44. The second-order valence-corrected chi connectivity index (χ2v) is 3.50. The zero-order valence-corrected chi connectivity index (χ0v) is 8.29. The first-order valence-corrected chi connectivity index (χ1v) is 4.79. The molecule has 0 spiro atoms. The largest absolute Gasteiger partial charge is 0.356 e. The molecular weight excluding hydrogens is 196 g/mol. The van der Waals surface area contributed by atoms with Crippen LogP contribution in [0, 0.1) is 0 Å². The highest BCUT2D eigenvalue weighted by atomic mass is 32.1. The minimum absolute atomic E-state index is 0.123. The normalized spacial score (nSPS) is 20.8. The maximum absolute atomic E-state index is 11.2. The van der Waals surface area contributed by atoms with Gasteiger partial charge >= 0.3 is 0 Å². The standard InChI is InChI=1S/C10H10N2OS/c13-9-6-8(11-10(14)12-9)7-4-2-1-3-5-7/h1-6,10-11,14H,(H,12,13). The summed E-state index contributed by atoms with van der Waals surface area (Å²) in [6.07, 6.45) is 1.53. The van der Waals surface area contributed by atoms with Gasteiger partial charge in [-0.25, -0.2) is 0 Å². The molecule has 1 aliphatic heterocycles. The van der Waals surface area contributed by atoms with Crippen LogP contribution in [0.2, 0.25) is 0 Å². The van der Waals surface area contributed by atoms with Crippen molar-refractivity contribution in [1.29, 1.82) is 0 Å². The van der Waals surface area contributed by atoms with E-state index < -0.39 is 0 Å². The van der Waals surface area contributed by atoms with E-state index in [1.165, 1.54) is 6.08 Å². The van der Waals surface area contributed by atoms with Gasteiger partial charge in [-0.05, 0) is 5.56 Å². The van der Waals surface area contributed by atoms with Crippen LogP contribution in [0.1, 0.15) is 5.56 Å². The SMILES string of the molecule is O=C1C=C(c2ccccc2)NC(S)N1. The molecule has 1 aromatic rings. The molecule has 1 atom stereocenters. The van der Waals surface area contributed by atoms with Gasteiger partial charge in [0.1, 0.15) is 5.50 Å². The van der Waals surface area contributed by atoms with Crippen LogP contribution < -0.4 is 10.6 Å². The van der Waals surface area contributed by atoms with Crippen LogP contribution in [-0.4, -0.2) is 11.4 Å². The lowest BCUT2D eigenvalue weighted by atomic mass is 10.1. The highest BCUT2D eigenvalue weighted by molar-refractivity contribution is 7.80. The quantitative estimate of drug-likeness (QED) is 0.599.